The molecule has 3 aromatic carbocycles. The summed E-state index contributed by atoms with van der Waals surface area (Å²) < 4.78 is 6.54. The molecule has 1 unspecified atom stereocenters. The van der Waals surface area contributed by atoms with Gasteiger partial charge < -0.3 is 4.74 Å². The van der Waals surface area contributed by atoms with Crippen molar-refractivity contribution in [2.75, 3.05) is 0 Å². The van der Waals surface area contributed by atoms with Gasteiger partial charge in [0.1, 0.15) is 5.75 Å². The van der Waals surface area contributed by atoms with Gasteiger partial charge in [0.15, 0.2) is 6.10 Å². The Morgan fingerprint density at radius 2 is 1.80 bits per heavy atom. The van der Waals surface area contributed by atoms with E-state index in [1.165, 1.54) is 5.39 Å². The quantitative estimate of drug-likeness (QED) is 0.509. The summed E-state index contributed by atoms with van der Waals surface area (Å²) in [4.78, 5) is 12.1. The average molecular weight is 397 g/mol. The smallest absolute Gasteiger partial charge is 0.280 e. The second-order valence-electron chi connectivity index (χ2n) is 5.55. The number of nitrogens with zero attached hydrogens (tertiary/aromatic N) is 1. The van der Waals surface area contributed by atoms with Gasteiger partial charge in [-0.3, -0.25) is 4.79 Å². The lowest BCUT2D eigenvalue weighted by Gasteiger charge is -2.12. The predicted octanol–water partition coefficient (Wildman–Crippen LogP) is 4.52. The van der Waals surface area contributed by atoms with Gasteiger partial charge in [0, 0.05) is 4.47 Å². The summed E-state index contributed by atoms with van der Waals surface area (Å²) in [5, 5.41) is 6.31. The highest BCUT2D eigenvalue weighted by atomic mass is 79.9. The molecule has 0 saturated carbocycles. The Labute approximate surface area is 154 Å². The molecule has 0 aromatic heterocycles. The molecule has 0 radical (unpaired) electrons. The Bertz CT molecular complexity index is 907. The number of rotatable bonds is 5. The zero-order valence-corrected chi connectivity index (χ0v) is 15.2. The lowest BCUT2D eigenvalue weighted by molar-refractivity contribution is -0.127. The molecular formula is C20H17BrN2O2. The number of amides is 1. The molecule has 25 heavy (non-hydrogen) atoms. The SMILES string of the molecule is CC(Oc1ccc(Br)cc1)C(=O)NN=Cc1ccc2ccccc2c1. The van der Waals surface area contributed by atoms with Crippen LogP contribution >= 0.6 is 15.9 Å². The lowest BCUT2D eigenvalue weighted by Crippen LogP contribution is -2.33. The fraction of sp³-hybridized carbons (Fsp3) is 0.100. The van der Waals surface area contributed by atoms with Crippen molar-refractivity contribution in [1.82, 2.24) is 5.43 Å². The molecule has 126 valence electrons. The normalized spacial score (nSPS) is 12.2. The van der Waals surface area contributed by atoms with Gasteiger partial charge in [-0.2, -0.15) is 5.10 Å². The first kappa shape index (κ1) is 17.2. The summed E-state index contributed by atoms with van der Waals surface area (Å²) in [5.74, 6) is 0.323. The van der Waals surface area contributed by atoms with Crippen molar-refractivity contribution < 1.29 is 9.53 Å². The molecule has 5 heteroatoms. The predicted molar refractivity (Wildman–Crippen MR) is 104 cm³/mol. The average Bonchev–Trinajstić information content (AvgIpc) is 2.63. The van der Waals surface area contributed by atoms with Crippen LogP contribution in [0.4, 0.5) is 0 Å². The Morgan fingerprint density at radius 1 is 1.08 bits per heavy atom. The van der Waals surface area contributed by atoms with Crippen LogP contribution in [0.25, 0.3) is 10.8 Å². The van der Waals surface area contributed by atoms with Crippen LogP contribution in [0, 0.1) is 0 Å². The van der Waals surface area contributed by atoms with Crippen molar-refractivity contribution in [1.29, 1.82) is 0 Å². The second-order valence-corrected chi connectivity index (χ2v) is 6.47. The zero-order chi connectivity index (χ0) is 17.6. The Morgan fingerprint density at radius 3 is 2.56 bits per heavy atom. The first-order valence-electron chi connectivity index (χ1n) is 7.86. The fourth-order valence-electron chi connectivity index (χ4n) is 2.32. The van der Waals surface area contributed by atoms with E-state index >= 15 is 0 Å². The maximum Gasteiger partial charge on any atom is 0.280 e. The van der Waals surface area contributed by atoms with Gasteiger partial charge in [0.2, 0.25) is 0 Å². The van der Waals surface area contributed by atoms with Crippen molar-refractivity contribution >= 4 is 38.8 Å². The van der Waals surface area contributed by atoms with Gasteiger partial charge in [0.05, 0.1) is 6.21 Å². The van der Waals surface area contributed by atoms with Gasteiger partial charge in [-0.1, -0.05) is 52.3 Å². The number of halogens is 1. The van der Waals surface area contributed by atoms with Crippen LogP contribution in [-0.2, 0) is 4.79 Å². The summed E-state index contributed by atoms with van der Waals surface area (Å²) in [7, 11) is 0. The molecule has 4 nitrogen and oxygen atoms in total. The van der Waals surface area contributed by atoms with Gasteiger partial charge >= 0.3 is 0 Å². The van der Waals surface area contributed by atoms with E-state index in [0.29, 0.717) is 5.75 Å². The Kier molecular flexibility index (Phi) is 5.46. The van der Waals surface area contributed by atoms with E-state index in [1.54, 1.807) is 25.3 Å². The largest absolute Gasteiger partial charge is 0.481 e. The Balaban J connectivity index is 1.58. The number of fused-ring (bicyclic) bond motifs is 1. The fourth-order valence-corrected chi connectivity index (χ4v) is 2.58. The minimum absolute atomic E-state index is 0.306. The molecular weight excluding hydrogens is 380 g/mol. The molecule has 3 rings (SSSR count). The number of benzene rings is 3. The standard InChI is InChI=1S/C20H17BrN2O2/c1-14(25-19-10-8-18(21)9-11-19)20(24)23-22-13-15-6-7-16-4-2-3-5-17(16)12-15/h2-14H,1H3,(H,23,24). The van der Waals surface area contributed by atoms with Gasteiger partial charge in [-0.05, 0) is 53.6 Å². The monoisotopic (exact) mass is 396 g/mol. The summed E-state index contributed by atoms with van der Waals surface area (Å²) in [6, 6.07) is 21.4. The molecule has 0 spiro atoms. The van der Waals surface area contributed by atoms with E-state index in [2.05, 4.69) is 32.5 Å². The van der Waals surface area contributed by atoms with Gasteiger partial charge in [0.25, 0.3) is 5.91 Å². The Hall–Kier alpha value is -2.66. The first-order valence-corrected chi connectivity index (χ1v) is 8.65. The van der Waals surface area contributed by atoms with Crippen LogP contribution in [0.3, 0.4) is 0 Å². The maximum atomic E-state index is 12.1. The molecule has 0 saturated heterocycles. The van der Waals surface area contributed by atoms with Crippen LogP contribution in [0.1, 0.15) is 12.5 Å². The van der Waals surface area contributed by atoms with E-state index in [9.17, 15) is 4.79 Å². The highest BCUT2D eigenvalue weighted by Crippen LogP contribution is 2.17. The number of carbonyl (C=O) groups is 1. The van der Waals surface area contributed by atoms with Crippen LogP contribution in [0.15, 0.2) is 76.3 Å². The third kappa shape index (κ3) is 4.67. The number of ether oxygens (including phenoxy) is 1. The van der Waals surface area contributed by atoms with Crippen molar-refractivity contribution in [3.05, 3.63) is 76.8 Å². The van der Waals surface area contributed by atoms with Crippen molar-refractivity contribution in [2.24, 2.45) is 5.10 Å². The summed E-state index contributed by atoms with van der Waals surface area (Å²) >= 11 is 3.36. The van der Waals surface area contributed by atoms with Crippen molar-refractivity contribution in [2.45, 2.75) is 13.0 Å². The van der Waals surface area contributed by atoms with Crippen LogP contribution in [-0.4, -0.2) is 18.2 Å². The minimum atomic E-state index is -0.644. The van der Waals surface area contributed by atoms with Crippen LogP contribution < -0.4 is 10.2 Å². The molecule has 1 amide bonds. The summed E-state index contributed by atoms with van der Waals surface area (Å²) in [6.07, 6.45) is 0.978. The van der Waals surface area contributed by atoms with Gasteiger partial charge in [-0.25, -0.2) is 5.43 Å². The molecule has 0 aliphatic heterocycles. The highest BCUT2D eigenvalue weighted by Gasteiger charge is 2.13. The second kappa shape index (κ2) is 7.94. The topological polar surface area (TPSA) is 50.7 Å². The maximum absolute atomic E-state index is 12.1. The number of hydrazone groups is 1. The molecule has 0 aliphatic carbocycles. The van der Waals surface area contributed by atoms with E-state index in [4.69, 9.17) is 4.74 Å². The van der Waals surface area contributed by atoms with Crippen LogP contribution in [0.2, 0.25) is 0 Å². The van der Waals surface area contributed by atoms with Crippen LogP contribution in [0.5, 0.6) is 5.75 Å². The zero-order valence-electron chi connectivity index (χ0n) is 13.6. The van der Waals surface area contributed by atoms with E-state index < -0.39 is 6.10 Å². The van der Waals surface area contributed by atoms with Crippen molar-refractivity contribution in [3.8, 4) is 5.75 Å². The third-order valence-electron chi connectivity index (χ3n) is 3.66. The molecule has 1 atom stereocenters. The first-order chi connectivity index (χ1) is 12.1. The van der Waals surface area contributed by atoms with Gasteiger partial charge in [-0.15, -0.1) is 0 Å². The molecule has 0 heterocycles. The van der Waals surface area contributed by atoms with Crippen molar-refractivity contribution in [3.63, 3.8) is 0 Å². The van der Waals surface area contributed by atoms with E-state index in [0.717, 1.165) is 15.4 Å². The number of carbonyl (C=O) groups excluding carboxylic acids is 1. The summed E-state index contributed by atoms with van der Waals surface area (Å²) in [6.45, 7) is 1.68. The molecule has 0 aliphatic rings. The number of hydrogen-bond donors (Lipinski definition) is 1. The molecule has 3 aromatic rings. The number of hydrogen-bond acceptors (Lipinski definition) is 3. The highest BCUT2D eigenvalue weighted by molar-refractivity contribution is 9.10. The third-order valence-corrected chi connectivity index (χ3v) is 4.19. The number of nitrogens with one attached hydrogen (secondary N) is 1. The molecule has 0 bridgehead atoms. The minimum Gasteiger partial charge on any atom is -0.481 e. The lowest BCUT2D eigenvalue weighted by atomic mass is 10.1. The van der Waals surface area contributed by atoms with E-state index in [1.807, 2.05) is 48.5 Å². The summed E-state index contributed by atoms with van der Waals surface area (Å²) in [5.41, 5.74) is 3.42. The molecule has 1 N–H and O–H groups in total. The molecule has 0 fully saturated rings. The van der Waals surface area contributed by atoms with E-state index in [-0.39, 0.29) is 5.91 Å².